The molecule has 2 N–H and O–H groups in total. The maximum absolute atomic E-state index is 11.0. The summed E-state index contributed by atoms with van der Waals surface area (Å²) in [5.74, 6) is -1.01. The van der Waals surface area contributed by atoms with Crippen molar-refractivity contribution in [2.75, 3.05) is 6.26 Å². The number of hydrogen-bond acceptors (Lipinski definition) is 3. The summed E-state index contributed by atoms with van der Waals surface area (Å²) in [5, 5.41) is 19.0. The topological polar surface area (TPSA) is 57.5 Å². The van der Waals surface area contributed by atoms with Gasteiger partial charge < -0.3 is 10.2 Å². The zero-order valence-electron chi connectivity index (χ0n) is 9.60. The van der Waals surface area contributed by atoms with Crippen LogP contribution in [0.2, 0.25) is 0 Å². The number of aliphatic hydroxyl groups is 1. The summed E-state index contributed by atoms with van der Waals surface area (Å²) < 4.78 is 0. The van der Waals surface area contributed by atoms with E-state index in [2.05, 4.69) is 0 Å². The molecule has 0 fully saturated rings. The molecule has 0 saturated heterocycles. The highest BCUT2D eigenvalue weighted by Gasteiger charge is 2.36. The first-order valence-electron chi connectivity index (χ1n) is 4.95. The smallest absolute Gasteiger partial charge is 0.312 e. The van der Waals surface area contributed by atoms with Gasteiger partial charge in [-0.05, 0) is 37.8 Å². The van der Waals surface area contributed by atoms with E-state index in [0.29, 0.717) is 5.56 Å². The van der Waals surface area contributed by atoms with Crippen molar-refractivity contribution in [3.05, 3.63) is 29.8 Å². The first kappa shape index (κ1) is 13.1. The third kappa shape index (κ3) is 2.57. The highest BCUT2D eigenvalue weighted by atomic mass is 32.2. The van der Waals surface area contributed by atoms with Crippen LogP contribution in [0.25, 0.3) is 0 Å². The molecule has 1 atom stereocenters. The fraction of sp³-hybridized carbons (Fsp3) is 0.417. The lowest BCUT2D eigenvalue weighted by Gasteiger charge is -2.26. The van der Waals surface area contributed by atoms with Crippen LogP contribution < -0.4 is 0 Å². The number of carbonyl (C=O) groups is 1. The van der Waals surface area contributed by atoms with Crippen molar-refractivity contribution in [3.63, 3.8) is 0 Å². The molecular weight excluding hydrogens is 224 g/mol. The maximum atomic E-state index is 11.0. The van der Waals surface area contributed by atoms with Crippen molar-refractivity contribution in [1.29, 1.82) is 0 Å². The lowest BCUT2D eigenvalue weighted by Crippen LogP contribution is -2.31. The minimum absolute atomic E-state index is 0.630. The molecule has 1 rings (SSSR count). The van der Waals surface area contributed by atoms with Crippen LogP contribution in [0.15, 0.2) is 29.2 Å². The minimum atomic E-state index is -1.18. The Kier molecular flexibility index (Phi) is 3.99. The molecular formula is C12H16O3S. The molecule has 0 radical (unpaired) electrons. The van der Waals surface area contributed by atoms with Gasteiger partial charge in [0.05, 0.1) is 11.5 Å². The van der Waals surface area contributed by atoms with E-state index in [4.69, 9.17) is 5.11 Å². The number of carboxylic acids is 1. The van der Waals surface area contributed by atoms with Gasteiger partial charge >= 0.3 is 5.97 Å². The monoisotopic (exact) mass is 240 g/mol. The Bertz CT molecular complexity index is 370. The molecule has 1 aromatic rings. The average molecular weight is 240 g/mol. The summed E-state index contributed by atoms with van der Waals surface area (Å²) in [7, 11) is 0. The van der Waals surface area contributed by atoms with Crippen molar-refractivity contribution in [3.8, 4) is 0 Å². The van der Waals surface area contributed by atoms with Crippen LogP contribution in [0.4, 0.5) is 0 Å². The summed E-state index contributed by atoms with van der Waals surface area (Å²) in [4.78, 5) is 12.1. The van der Waals surface area contributed by atoms with Gasteiger partial charge in [0.2, 0.25) is 0 Å². The third-order valence-electron chi connectivity index (χ3n) is 2.67. The van der Waals surface area contributed by atoms with Crippen molar-refractivity contribution >= 4 is 17.7 Å². The Balaban J connectivity index is 2.96. The molecule has 88 valence electrons. The van der Waals surface area contributed by atoms with Gasteiger partial charge in [-0.15, -0.1) is 11.8 Å². The quantitative estimate of drug-likeness (QED) is 0.794. The van der Waals surface area contributed by atoms with Gasteiger partial charge in [0.1, 0.15) is 0 Å². The van der Waals surface area contributed by atoms with Gasteiger partial charge in [0, 0.05) is 4.90 Å². The predicted molar refractivity (Wildman–Crippen MR) is 64.6 cm³/mol. The second kappa shape index (κ2) is 4.89. The molecule has 0 saturated carbocycles. The number of aliphatic hydroxyl groups excluding tert-OH is 1. The van der Waals surface area contributed by atoms with E-state index >= 15 is 0 Å². The SMILES string of the molecule is CSc1ccc(C(O)C(C)(C)C(=O)O)cc1. The molecule has 0 aromatic heterocycles. The molecule has 0 bridgehead atoms. The van der Waals surface area contributed by atoms with Crippen molar-refractivity contribution in [2.24, 2.45) is 5.41 Å². The molecule has 0 spiro atoms. The van der Waals surface area contributed by atoms with E-state index in [1.165, 1.54) is 13.8 Å². The lowest BCUT2D eigenvalue weighted by atomic mass is 9.83. The Morgan fingerprint density at radius 3 is 2.19 bits per heavy atom. The van der Waals surface area contributed by atoms with Gasteiger partial charge in [-0.3, -0.25) is 4.79 Å². The van der Waals surface area contributed by atoms with Gasteiger partial charge in [-0.2, -0.15) is 0 Å². The normalized spacial score (nSPS) is 13.5. The molecule has 3 nitrogen and oxygen atoms in total. The predicted octanol–water partition coefficient (Wildman–Crippen LogP) is 2.55. The number of benzene rings is 1. The van der Waals surface area contributed by atoms with Crippen LogP contribution >= 0.6 is 11.8 Å². The van der Waals surface area contributed by atoms with Crippen molar-refractivity contribution < 1.29 is 15.0 Å². The molecule has 16 heavy (non-hydrogen) atoms. The maximum Gasteiger partial charge on any atom is 0.312 e. The van der Waals surface area contributed by atoms with E-state index in [1.807, 2.05) is 18.4 Å². The van der Waals surface area contributed by atoms with Crippen LogP contribution in [-0.4, -0.2) is 22.4 Å². The summed E-state index contributed by atoms with van der Waals surface area (Å²) in [6, 6.07) is 7.28. The first-order chi connectivity index (χ1) is 7.39. The highest BCUT2D eigenvalue weighted by Crippen LogP contribution is 2.34. The van der Waals surface area contributed by atoms with Crippen LogP contribution in [0.3, 0.4) is 0 Å². The first-order valence-corrected chi connectivity index (χ1v) is 6.17. The Morgan fingerprint density at radius 2 is 1.81 bits per heavy atom. The van der Waals surface area contributed by atoms with Crippen LogP contribution in [0.5, 0.6) is 0 Å². The third-order valence-corrected chi connectivity index (χ3v) is 3.41. The number of carboxylic acid groups (broad SMARTS) is 1. The van der Waals surface area contributed by atoms with E-state index in [0.717, 1.165) is 4.90 Å². The fourth-order valence-electron chi connectivity index (χ4n) is 1.32. The van der Waals surface area contributed by atoms with Crippen LogP contribution in [-0.2, 0) is 4.79 Å². The Labute approximate surface area is 99.5 Å². The number of aliphatic carboxylic acids is 1. The zero-order chi connectivity index (χ0) is 12.3. The lowest BCUT2D eigenvalue weighted by molar-refractivity contribution is -0.153. The van der Waals surface area contributed by atoms with Gasteiger partial charge in [0.25, 0.3) is 0 Å². The molecule has 0 aliphatic carbocycles. The van der Waals surface area contributed by atoms with Gasteiger partial charge in [-0.1, -0.05) is 12.1 Å². The van der Waals surface area contributed by atoms with Gasteiger partial charge in [0.15, 0.2) is 0 Å². The molecule has 0 aliphatic rings. The van der Waals surface area contributed by atoms with E-state index in [9.17, 15) is 9.90 Å². The second-order valence-electron chi connectivity index (χ2n) is 4.20. The summed E-state index contributed by atoms with van der Waals surface area (Å²) >= 11 is 1.61. The number of rotatable bonds is 4. The average Bonchev–Trinajstić information content (AvgIpc) is 2.28. The summed E-state index contributed by atoms with van der Waals surface area (Å²) in [5.41, 5.74) is -0.550. The number of thioether (sulfide) groups is 1. The molecule has 0 amide bonds. The minimum Gasteiger partial charge on any atom is -0.481 e. The van der Waals surface area contributed by atoms with Crippen LogP contribution in [0, 0.1) is 5.41 Å². The van der Waals surface area contributed by atoms with Gasteiger partial charge in [-0.25, -0.2) is 0 Å². The van der Waals surface area contributed by atoms with Crippen molar-refractivity contribution in [2.45, 2.75) is 24.8 Å². The Hall–Kier alpha value is -1.00. The largest absolute Gasteiger partial charge is 0.481 e. The highest BCUT2D eigenvalue weighted by molar-refractivity contribution is 7.98. The second-order valence-corrected chi connectivity index (χ2v) is 5.08. The molecule has 1 aromatic carbocycles. The molecule has 4 heteroatoms. The van der Waals surface area contributed by atoms with Crippen LogP contribution in [0.1, 0.15) is 25.5 Å². The molecule has 1 unspecified atom stereocenters. The van der Waals surface area contributed by atoms with Crippen molar-refractivity contribution in [1.82, 2.24) is 0 Å². The van der Waals surface area contributed by atoms with E-state index in [-0.39, 0.29) is 0 Å². The van der Waals surface area contributed by atoms with E-state index < -0.39 is 17.5 Å². The fourth-order valence-corrected chi connectivity index (χ4v) is 1.73. The van der Waals surface area contributed by atoms with E-state index in [1.54, 1.807) is 23.9 Å². The molecule has 0 heterocycles. The molecule has 0 aliphatic heterocycles. The summed E-state index contributed by atoms with van der Waals surface area (Å²) in [6.07, 6.45) is 0.966. The summed E-state index contributed by atoms with van der Waals surface area (Å²) in [6.45, 7) is 3.03. The number of hydrogen-bond donors (Lipinski definition) is 2. The Morgan fingerprint density at radius 1 is 1.31 bits per heavy atom. The standard InChI is InChI=1S/C12H16O3S/c1-12(2,11(14)15)10(13)8-4-6-9(16-3)7-5-8/h4-7,10,13H,1-3H3,(H,14,15). The zero-order valence-corrected chi connectivity index (χ0v) is 10.4.